The molecule has 2 saturated heterocycles. The lowest BCUT2D eigenvalue weighted by Gasteiger charge is -2.32. The highest BCUT2D eigenvalue weighted by Crippen LogP contribution is 2.17. The van der Waals surface area contributed by atoms with E-state index in [0.29, 0.717) is 19.0 Å². The highest BCUT2D eigenvalue weighted by Gasteiger charge is 2.30. The third-order valence-electron chi connectivity index (χ3n) is 4.69. The zero-order valence-corrected chi connectivity index (χ0v) is 14.3. The molecule has 2 aliphatic heterocycles. The smallest absolute Gasteiger partial charge is 0.194 e. The minimum absolute atomic E-state index is 0.449. The molecule has 2 rings (SSSR count). The van der Waals surface area contributed by atoms with Crippen molar-refractivity contribution in [1.82, 2.24) is 15.1 Å². The van der Waals surface area contributed by atoms with E-state index >= 15 is 0 Å². The first kappa shape index (κ1) is 17.5. The molecule has 2 heterocycles. The van der Waals surface area contributed by atoms with Crippen LogP contribution in [0.1, 0.15) is 33.6 Å². The van der Waals surface area contributed by atoms with Crippen molar-refractivity contribution in [2.75, 3.05) is 52.5 Å². The SMILES string of the molecule is CCNC(=NCC(C)(O)CC)N1CCC(N2CCOCC2)C1. The van der Waals surface area contributed by atoms with Gasteiger partial charge < -0.3 is 20.1 Å². The van der Waals surface area contributed by atoms with Crippen LogP contribution < -0.4 is 5.32 Å². The Morgan fingerprint density at radius 1 is 1.32 bits per heavy atom. The van der Waals surface area contributed by atoms with Gasteiger partial charge in [0.25, 0.3) is 0 Å². The first-order valence-corrected chi connectivity index (χ1v) is 8.63. The van der Waals surface area contributed by atoms with Crippen LogP contribution in [0, 0.1) is 0 Å². The summed E-state index contributed by atoms with van der Waals surface area (Å²) in [6, 6.07) is 0.597. The Labute approximate surface area is 134 Å². The standard InChI is InChI=1S/C16H32N4O2/c1-4-16(3,21)13-18-15(17-5-2)20-7-6-14(12-20)19-8-10-22-11-9-19/h14,21H,4-13H2,1-3H3,(H,17,18). The summed E-state index contributed by atoms with van der Waals surface area (Å²) in [6.07, 6.45) is 1.89. The summed E-state index contributed by atoms with van der Waals surface area (Å²) >= 11 is 0. The minimum atomic E-state index is -0.718. The average molecular weight is 312 g/mol. The first-order chi connectivity index (χ1) is 10.6. The van der Waals surface area contributed by atoms with E-state index in [4.69, 9.17) is 4.74 Å². The fraction of sp³-hybridized carbons (Fsp3) is 0.938. The molecule has 0 amide bonds. The highest BCUT2D eigenvalue weighted by molar-refractivity contribution is 5.80. The molecule has 6 heteroatoms. The molecular formula is C16H32N4O2. The van der Waals surface area contributed by atoms with Crippen LogP contribution in [0.15, 0.2) is 4.99 Å². The molecule has 128 valence electrons. The van der Waals surface area contributed by atoms with Crippen LogP contribution in [0.3, 0.4) is 0 Å². The van der Waals surface area contributed by atoms with E-state index in [1.807, 2.05) is 13.8 Å². The van der Waals surface area contributed by atoms with Crippen molar-refractivity contribution in [3.8, 4) is 0 Å². The Kier molecular flexibility index (Phi) is 6.47. The van der Waals surface area contributed by atoms with Gasteiger partial charge in [0.15, 0.2) is 5.96 Å². The number of hydrogen-bond acceptors (Lipinski definition) is 4. The molecule has 0 aromatic carbocycles. The van der Waals surface area contributed by atoms with E-state index in [-0.39, 0.29) is 0 Å². The molecule has 0 aromatic heterocycles. The van der Waals surface area contributed by atoms with Gasteiger partial charge >= 0.3 is 0 Å². The van der Waals surface area contributed by atoms with Crippen molar-refractivity contribution >= 4 is 5.96 Å². The van der Waals surface area contributed by atoms with Crippen molar-refractivity contribution in [2.24, 2.45) is 4.99 Å². The summed E-state index contributed by atoms with van der Waals surface area (Å²) in [6.45, 7) is 13.1. The zero-order chi connectivity index (χ0) is 16.0. The molecule has 0 aromatic rings. The van der Waals surface area contributed by atoms with Crippen molar-refractivity contribution in [3.63, 3.8) is 0 Å². The second-order valence-electron chi connectivity index (χ2n) is 6.56. The lowest BCUT2D eigenvalue weighted by Crippen LogP contribution is -2.47. The number of hydrogen-bond donors (Lipinski definition) is 2. The van der Waals surface area contributed by atoms with E-state index in [9.17, 15) is 5.11 Å². The number of aliphatic imine (C=N–C) groups is 1. The summed E-state index contributed by atoms with van der Waals surface area (Å²) in [5.41, 5.74) is -0.718. The number of morpholine rings is 1. The molecule has 6 nitrogen and oxygen atoms in total. The Balaban J connectivity index is 1.93. The number of ether oxygens (including phenoxy) is 1. The van der Waals surface area contributed by atoms with E-state index in [2.05, 4.69) is 27.0 Å². The summed E-state index contributed by atoms with van der Waals surface area (Å²) in [7, 11) is 0. The Morgan fingerprint density at radius 3 is 2.68 bits per heavy atom. The highest BCUT2D eigenvalue weighted by atomic mass is 16.5. The minimum Gasteiger partial charge on any atom is -0.388 e. The third-order valence-corrected chi connectivity index (χ3v) is 4.69. The van der Waals surface area contributed by atoms with Crippen LogP contribution in [-0.2, 0) is 4.74 Å². The number of aliphatic hydroxyl groups is 1. The Hall–Kier alpha value is -0.850. The number of likely N-dealkylation sites (tertiary alicyclic amines) is 1. The van der Waals surface area contributed by atoms with E-state index in [1.165, 1.54) is 6.42 Å². The molecule has 2 atom stereocenters. The van der Waals surface area contributed by atoms with Gasteiger partial charge in [-0.2, -0.15) is 0 Å². The largest absolute Gasteiger partial charge is 0.388 e. The van der Waals surface area contributed by atoms with E-state index in [1.54, 1.807) is 0 Å². The van der Waals surface area contributed by atoms with Crippen molar-refractivity contribution in [3.05, 3.63) is 0 Å². The normalized spacial score (nSPS) is 27.0. The first-order valence-electron chi connectivity index (χ1n) is 8.63. The molecule has 2 fully saturated rings. The van der Waals surface area contributed by atoms with Crippen LogP contribution in [0.5, 0.6) is 0 Å². The summed E-state index contributed by atoms with van der Waals surface area (Å²) < 4.78 is 5.44. The van der Waals surface area contributed by atoms with Crippen molar-refractivity contribution < 1.29 is 9.84 Å². The quantitative estimate of drug-likeness (QED) is 0.572. The van der Waals surface area contributed by atoms with E-state index < -0.39 is 5.60 Å². The maximum Gasteiger partial charge on any atom is 0.194 e. The molecule has 0 bridgehead atoms. The summed E-state index contributed by atoms with van der Waals surface area (Å²) in [5.74, 6) is 0.937. The van der Waals surface area contributed by atoms with Gasteiger partial charge in [-0.15, -0.1) is 0 Å². The van der Waals surface area contributed by atoms with Gasteiger partial charge in [-0.05, 0) is 26.7 Å². The van der Waals surface area contributed by atoms with Gasteiger partial charge in [0.05, 0.1) is 25.4 Å². The second-order valence-corrected chi connectivity index (χ2v) is 6.56. The van der Waals surface area contributed by atoms with Crippen LogP contribution in [0.25, 0.3) is 0 Å². The number of rotatable bonds is 5. The predicted molar refractivity (Wildman–Crippen MR) is 89.3 cm³/mol. The summed E-state index contributed by atoms with van der Waals surface area (Å²) in [4.78, 5) is 9.52. The van der Waals surface area contributed by atoms with E-state index in [0.717, 1.165) is 51.9 Å². The average Bonchev–Trinajstić information content (AvgIpc) is 3.02. The molecule has 0 spiro atoms. The number of nitrogens with zero attached hydrogens (tertiary/aromatic N) is 3. The monoisotopic (exact) mass is 312 g/mol. The molecule has 2 N–H and O–H groups in total. The van der Waals surface area contributed by atoms with Crippen LogP contribution in [0.2, 0.25) is 0 Å². The Morgan fingerprint density at radius 2 is 2.05 bits per heavy atom. The van der Waals surface area contributed by atoms with Crippen LogP contribution in [-0.4, -0.2) is 85.0 Å². The van der Waals surface area contributed by atoms with Gasteiger partial charge in [0.2, 0.25) is 0 Å². The molecule has 0 aliphatic carbocycles. The maximum absolute atomic E-state index is 10.2. The van der Waals surface area contributed by atoms with Crippen LogP contribution in [0.4, 0.5) is 0 Å². The lowest BCUT2D eigenvalue weighted by molar-refractivity contribution is 0.0194. The van der Waals surface area contributed by atoms with Gasteiger partial charge in [-0.25, -0.2) is 0 Å². The molecule has 2 aliphatic rings. The maximum atomic E-state index is 10.2. The molecular weight excluding hydrogens is 280 g/mol. The zero-order valence-electron chi connectivity index (χ0n) is 14.3. The predicted octanol–water partition coefficient (Wildman–Crippen LogP) is 0.519. The molecule has 22 heavy (non-hydrogen) atoms. The number of nitrogens with one attached hydrogen (secondary N) is 1. The van der Waals surface area contributed by atoms with Gasteiger partial charge in [0.1, 0.15) is 0 Å². The van der Waals surface area contributed by atoms with Gasteiger partial charge in [0, 0.05) is 38.8 Å². The van der Waals surface area contributed by atoms with Crippen molar-refractivity contribution in [2.45, 2.75) is 45.3 Å². The Bertz CT molecular complexity index is 367. The van der Waals surface area contributed by atoms with Gasteiger partial charge in [-0.1, -0.05) is 6.92 Å². The number of guanidine groups is 1. The molecule has 2 unspecified atom stereocenters. The summed E-state index contributed by atoms with van der Waals surface area (Å²) in [5, 5.41) is 13.5. The fourth-order valence-corrected chi connectivity index (χ4v) is 2.96. The van der Waals surface area contributed by atoms with Crippen LogP contribution >= 0.6 is 0 Å². The fourth-order valence-electron chi connectivity index (χ4n) is 2.96. The molecule has 0 saturated carbocycles. The topological polar surface area (TPSA) is 60.3 Å². The second kappa shape index (κ2) is 8.13. The van der Waals surface area contributed by atoms with Gasteiger partial charge in [-0.3, -0.25) is 9.89 Å². The molecule has 0 radical (unpaired) electrons. The third kappa shape index (κ3) is 4.83. The lowest BCUT2D eigenvalue weighted by atomic mass is 10.1. The van der Waals surface area contributed by atoms with Crippen molar-refractivity contribution in [1.29, 1.82) is 0 Å².